The molecule has 1 fully saturated rings. The number of piperidine rings is 1. The smallest absolute Gasteiger partial charge is 0.252 e. The minimum Gasteiger partial charge on any atom is -0.283 e. The fourth-order valence-corrected chi connectivity index (χ4v) is 8.03. The number of aromatic nitrogens is 1. The largest absolute Gasteiger partial charge is 0.283 e. The van der Waals surface area contributed by atoms with Crippen LogP contribution >= 0.6 is 22.7 Å². The molecular formula is C25H25N3O3S3. The van der Waals surface area contributed by atoms with Crippen molar-refractivity contribution >= 4 is 54.0 Å². The summed E-state index contributed by atoms with van der Waals surface area (Å²) in [5, 5.41) is 2.41. The van der Waals surface area contributed by atoms with E-state index in [1.165, 1.54) is 27.0 Å². The van der Waals surface area contributed by atoms with Crippen molar-refractivity contribution in [3.05, 3.63) is 77.2 Å². The molecule has 6 nitrogen and oxygen atoms in total. The Morgan fingerprint density at radius 3 is 2.68 bits per heavy atom. The van der Waals surface area contributed by atoms with Gasteiger partial charge in [0.25, 0.3) is 10.0 Å². The fourth-order valence-electron chi connectivity index (χ4n) is 4.32. The molecular weight excluding hydrogens is 486 g/mol. The number of thiazole rings is 1. The number of thiophene rings is 1. The van der Waals surface area contributed by atoms with E-state index in [9.17, 15) is 13.2 Å². The van der Waals surface area contributed by atoms with E-state index >= 15 is 0 Å². The maximum atomic E-state index is 13.9. The highest BCUT2D eigenvalue weighted by atomic mass is 32.2. The van der Waals surface area contributed by atoms with Gasteiger partial charge in [-0.3, -0.25) is 9.69 Å². The molecule has 5 rings (SSSR count). The summed E-state index contributed by atoms with van der Waals surface area (Å²) in [6.45, 7) is 3.04. The third-order valence-corrected chi connectivity index (χ3v) is 10.4. The van der Waals surface area contributed by atoms with Crippen molar-refractivity contribution in [2.45, 2.75) is 30.5 Å². The number of sulfonamides is 1. The number of para-hydroxylation sites is 1. The number of fused-ring (bicyclic) bond motifs is 1. The Labute approximate surface area is 207 Å². The minimum atomic E-state index is -3.59. The third-order valence-electron chi connectivity index (χ3n) is 6.11. The van der Waals surface area contributed by atoms with E-state index < -0.39 is 15.9 Å². The molecule has 1 unspecified atom stereocenters. The molecule has 34 heavy (non-hydrogen) atoms. The van der Waals surface area contributed by atoms with E-state index in [0.717, 1.165) is 21.3 Å². The van der Waals surface area contributed by atoms with Crippen molar-refractivity contribution < 1.29 is 13.2 Å². The predicted molar refractivity (Wildman–Crippen MR) is 138 cm³/mol. The number of rotatable bonds is 6. The predicted octanol–water partition coefficient (Wildman–Crippen LogP) is 5.30. The lowest BCUT2D eigenvalue weighted by Gasteiger charge is -2.33. The number of anilines is 1. The van der Waals surface area contributed by atoms with Crippen molar-refractivity contribution in [2.24, 2.45) is 5.92 Å². The second-order valence-electron chi connectivity index (χ2n) is 8.46. The van der Waals surface area contributed by atoms with Gasteiger partial charge >= 0.3 is 0 Å². The third kappa shape index (κ3) is 4.53. The highest BCUT2D eigenvalue weighted by Gasteiger charge is 2.36. The average Bonchev–Trinajstić information content (AvgIpc) is 3.54. The molecule has 0 spiro atoms. The highest BCUT2D eigenvalue weighted by molar-refractivity contribution is 7.91. The van der Waals surface area contributed by atoms with Crippen LogP contribution in [0, 0.1) is 12.8 Å². The quantitative estimate of drug-likeness (QED) is 0.352. The molecule has 0 N–H and O–H groups in total. The van der Waals surface area contributed by atoms with Crippen molar-refractivity contribution in [2.75, 3.05) is 18.0 Å². The van der Waals surface area contributed by atoms with Crippen LogP contribution in [0.4, 0.5) is 5.13 Å². The summed E-state index contributed by atoms with van der Waals surface area (Å²) in [6, 6.07) is 19.2. The van der Waals surface area contributed by atoms with Crippen LogP contribution in [-0.2, 0) is 21.4 Å². The van der Waals surface area contributed by atoms with Crippen molar-refractivity contribution in [3.8, 4) is 0 Å². The highest BCUT2D eigenvalue weighted by Crippen LogP contribution is 2.34. The van der Waals surface area contributed by atoms with Crippen LogP contribution in [0.2, 0.25) is 0 Å². The summed E-state index contributed by atoms with van der Waals surface area (Å²) in [5.41, 5.74) is 2.97. The standard InChI is InChI=1S/C25H25N3O3S3/c1-18-8-5-12-21-23(18)26-25(33-21)28(16-19-9-3-2-4-10-19)24(29)20-11-6-14-27(17-20)34(30,31)22-13-7-15-32-22/h2-5,7-10,12-13,15,20H,6,11,14,16-17H2,1H3. The van der Waals surface area contributed by atoms with Crippen LogP contribution in [0.3, 0.4) is 0 Å². The Kier molecular flexibility index (Phi) is 6.52. The zero-order valence-electron chi connectivity index (χ0n) is 18.8. The van der Waals surface area contributed by atoms with Crippen molar-refractivity contribution in [1.82, 2.24) is 9.29 Å². The Morgan fingerprint density at radius 2 is 1.94 bits per heavy atom. The van der Waals surface area contributed by atoms with Gasteiger partial charge in [0, 0.05) is 13.1 Å². The van der Waals surface area contributed by atoms with E-state index in [1.54, 1.807) is 22.4 Å². The maximum absolute atomic E-state index is 13.9. The van der Waals surface area contributed by atoms with Crippen LogP contribution in [0.1, 0.15) is 24.0 Å². The molecule has 1 amide bonds. The lowest BCUT2D eigenvalue weighted by Crippen LogP contribution is -2.46. The van der Waals surface area contributed by atoms with Crippen LogP contribution in [-0.4, -0.2) is 36.7 Å². The topological polar surface area (TPSA) is 70.6 Å². The Bertz CT molecular complexity index is 1400. The van der Waals surface area contributed by atoms with Gasteiger partial charge in [0.05, 0.1) is 22.7 Å². The van der Waals surface area contributed by atoms with Crippen LogP contribution in [0.25, 0.3) is 10.2 Å². The number of aryl methyl sites for hydroxylation is 1. The average molecular weight is 512 g/mol. The summed E-state index contributed by atoms with van der Waals surface area (Å²) < 4.78 is 29.0. The lowest BCUT2D eigenvalue weighted by atomic mass is 9.98. The summed E-state index contributed by atoms with van der Waals surface area (Å²) in [6.07, 6.45) is 1.31. The lowest BCUT2D eigenvalue weighted by molar-refractivity contribution is -0.123. The van der Waals surface area contributed by atoms with Gasteiger partial charge in [0.2, 0.25) is 5.91 Å². The SMILES string of the molecule is Cc1cccc2sc(N(Cc3ccccc3)C(=O)C3CCCN(S(=O)(=O)c4cccs4)C3)nc12. The van der Waals surface area contributed by atoms with Gasteiger partial charge < -0.3 is 0 Å². The normalized spacial score (nSPS) is 17.1. The zero-order chi connectivity index (χ0) is 23.7. The Hall–Kier alpha value is -2.59. The van der Waals surface area contributed by atoms with E-state index in [-0.39, 0.29) is 12.5 Å². The number of carbonyl (C=O) groups is 1. The van der Waals surface area contributed by atoms with E-state index in [0.29, 0.717) is 35.3 Å². The summed E-state index contributed by atoms with van der Waals surface area (Å²) in [5.74, 6) is -0.494. The van der Waals surface area contributed by atoms with Gasteiger partial charge in [-0.1, -0.05) is 59.9 Å². The first-order valence-corrected chi connectivity index (χ1v) is 14.3. The number of hydrogen-bond donors (Lipinski definition) is 0. The molecule has 1 atom stereocenters. The molecule has 176 valence electrons. The first-order valence-electron chi connectivity index (χ1n) is 11.2. The molecule has 9 heteroatoms. The number of hydrogen-bond acceptors (Lipinski definition) is 6. The molecule has 2 aromatic heterocycles. The van der Waals surface area contributed by atoms with E-state index in [1.807, 2.05) is 55.5 Å². The molecule has 2 aromatic carbocycles. The Morgan fingerprint density at radius 1 is 1.12 bits per heavy atom. The minimum absolute atomic E-state index is 0.0772. The molecule has 0 bridgehead atoms. The molecule has 0 aliphatic carbocycles. The second kappa shape index (κ2) is 9.58. The van der Waals surface area contributed by atoms with Crippen LogP contribution < -0.4 is 4.90 Å². The Balaban J connectivity index is 1.46. The summed E-state index contributed by atoms with van der Waals surface area (Å²) in [7, 11) is -3.59. The molecule has 1 aliphatic rings. The fraction of sp³-hybridized carbons (Fsp3) is 0.280. The number of carbonyl (C=O) groups excluding carboxylic acids is 1. The van der Waals surface area contributed by atoms with Gasteiger partial charge in [-0.05, 0) is 48.4 Å². The molecule has 1 aliphatic heterocycles. The summed E-state index contributed by atoms with van der Waals surface area (Å²) >= 11 is 2.71. The van der Waals surface area contributed by atoms with Gasteiger partial charge in [0.15, 0.2) is 5.13 Å². The van der Waals surface area contributed by atoms with E-state index in [2.05, 4.69) is 0 Å². The number of benzene rings is 2. The first-order chi connectivity index (χ1) is 16.4. The molecule has 1 saturated heterocycles. The number of amides is 1. The number of nitrogens with zero attached hydrogens (tertiary/aromatic N) is 3. The second-order valence-corrected chi connectivity index (χ2v) is 12.6. The van der Waals surface area contributed by atoms with Crippen molar-refractivity contribution in [1.29, 1.82) is 0 Å². The maximum Gasteiger partial charge on any atom is 0.252 e. The van der Waals surface area contributed by atoms with Crippen LogP contribution in [0.15, 0.2) is 70.3 Å². The van der Waals surface area contributed by atoms with Crippen molar-refractivity contribution in [3.63, 3.8) is 0 Å². The first kappa shape index (κ1) is 23.2. The molecule has 0 saturated carbocycles. The summed E-state index contributed by atoms with van der Waals surface area (Å²) in [4.78, 5) is 20.5. The van der Waals surface area contributed by atoms with Gasteiger partial charge in [-0.25, -0.2) is 13.4 Å². The zero-order valence-corrected chi connectivity index (χ0v) is 21.2. The van der Waals surface area contributed by atoms with Gasteiger partial charge in [-0.2, -0.15) is 4.31 Å². The molecule has 3 heterocycles. The van der Waals surface area contributed by atoms with E-state index in [4.69, 9.17) is 4.98 Å². The van der Waals surface area contributed by atoms with Gasteiger partial charge in [0.1, 0.15) is 4.21 Å². The monoisotopic (exact) mass is 511 g/mol. The van der Waals surface area contributed by atoms with Crippen LogP contribution in [0.5, 0.6) is 0 Å². The molecule has 0 radical (unpaired) electrons. The molecule has 4 aromatic rings. The van der Waals surface area contributed by atoms with Gasteiger partial charge in [-0.15, -0.1) is 11.3 Å².